The second-order valence-electron chi connectivity index (χ2n) is 5.40. The van der Waals surface area contributed by atoms with Crippen molar-refractivity contribution in [2.45, 2.75) is 32.6 Å². The van der Waals surface area contributed by atoms with Gasteiger partial charge in [-0.2, -0.15) is 0 Å². The molecule has 3 N–H and O–H groups in total. The summed E-state index contributed by atoms with van der Waals surface area (Å²) in [5.74, 6) is 1.61. The minimum Gasteiger partial charge on any atom is -0.491 e. The number of hydrogen-bond donors (Lipinski definition) is 2. The largest absolute Gasteiger partial charge is 0.491 e. The zero-order valence-corrected chi connectivity index (χ0v) is 12.4. The first-order valence-electron chi connectivity index (χ1n) is 7.63. The van der Waals surface area contributed by atoms with E-state index in [1.54, 1.807) is 0 Å². The second-order valence-corrected chi connectivity index (χ2v) is 5.40. The molecule has 1 saturated carbocycles. The van der Waals surface area contributed by atoms with Crippen molar-refractivity contribution in [3.63, 3.8) is 0 Å². The van der Waals surface area contributed by atoms with Crippen LogP contribution < -0.4 is 15.8 Å². The predicted molar refractivity (Wildman–Crippen MR) is 83.3 cm³/mol. The lowest BCUT2D eigenvalue weighted by molar-refractivity contribution is 0.124. The maximum absolute atomic E-state index is 5.89. The zero-order valence-electron chi connectivity index (χ0n) is 12.4. The van der Waals surface area contributed by atoms with E-state index >= 15 is 0 Å². The van der Waals surface area contributed by atoms with Crippen LogP contribution in [0, 0.1) is 5.92 Å². The smallest absolute Gasteiger partial charge is 0.144 e. The van der Waals surface area contributed by atoms with E-state index in [0.717, 1.165) is 50.0 Å². The Hall–Kier alpha value is -1.42. The highest BCUT2D eigenvalue weighted by molar-refractivity contribution is 5.61. The van der Waals surface area contributed by atoms with E-state index < -0.39 is 0 Å². The number of nitrogen functional groups attached to an aromatic ring is 1. The van der Waals surface area contributed by atoms with Crippen molar-refractivity contribution in [3.8, 4) is 5.75 Å². The molecule has 0 spiro atoms. The molecule has 0 saturated heterocycles. The molecule has 112 valence electrons. The monoisotopic (exact) mass is 278 g/mol. The van der Waals surface area contributed by atoms with Gasteiger partial charge >= 0.3 is 0 Å². The zero-order chi connectivity index (χ0) is 14.2. The molecule has 2 rings (SSSR count). The summed E-state index contributed by atoms with van der Waals surface area (Å²) in [4.78, 5) is 0. The van der Waals surface area contributed by atoms with Crippen LogP contribution in [0.15, 0.2) is 18.2 Å². The first-order chi connectivity index (χ1) is 9.79. The Morgan fingerprint density at radius 2 is 2.15 bits per heavy atom. The van der Waals surface area contributed by atoms with Crippen LogP contribution in [0.4, 0.5) is 11.4 Å². The third kappa shape index (κ3) is 5.29. The fourth-order valence-electron chi connectivity index (χ4n) is 1.92. The Morgan fingerprint density at radius 3 is 2.90 bits per heavy atom. The maximum Gasteiger partial charge on any atom is 0.144 e. The molecule has 0 bridgehead atoms. The molecular formula is C16H26N2O2. The average Bonchev–Trinajstić information content (AvgIpc) is 3.27. The number of nitrogens with one attached hydrogen (secondary N) is 1. The Bertz CT molecular complexity index is 405. The van der Waals surface area contributed by atoms with E-state index in [1.807, 2.05) is 18.2 Å². The molecule has 20 heavy (non-hydrogen) atoms. The van der Waals surface area contributed by atoms with E-state index in [-0.39, 0.29) is 0 Å². The fourth-order valence-corrected chi connectivity index (χ4v) is 1.92. The van der Waals surface area contributed by atoms with Crippen LogP contribution in [-0.2, 0) is 4.74 Å². The van der Waals surface area contributed by atoms with Crippen molar-refractivity contribution in [1.29, 1.82) is 0 Å². The summed E-state index contributed by atoms with van der Waals surface area (Å²) in [6.45, 7) is 5.46. The molecule has 4 heteroatoms. The quantitative estimate of drug-likeness (QED) is 0.509. The third-order valence-electron chi connectivity index (χ3n) is 3.32. The number of nitrogens with two attached hydrogens (primary N) is 1. The van der Waals surface area contributed by atoms with Gasteiger partial charge < -0.3 is 20.5 Å². The number of rotatable bonds is 10. The highest BCUT2D eigenvalue weighted by atomic mass is 16.5. The molecule has 4 nitrogen and oxygen atoms in total. The molecule has 0 aromatic heterocycles. The lowest BCUT2D eigenvalue weighted by atomic mass is 10.2. The molecule has 1 aliphatic carbocycles. The van der Waals surface area contributed by atoms with E-state index in [2.05, 4.69) is 12.2 Å². The van der Waals surface area contributed by atoms with Crippen LogP contribution in [-0.4, -0.2) is 26.4 Å². The molecule has 0 aliphatic heterocycles. The molecule has 0 unspecified atom stereocenters. The summed E-state index contributed by atoms with van der Waals surface area (Å²) in [5.41, 5.74) is 7.63. The van der Waals surface area contributed by atoms with Crippen molar-refractivity contribution >= 4 is 11.4 Å². The van der Waals surface area contributed by atoms with E-state index in [1.165, 1.54) is 12.8 Å². The normalized spacial score (nSPS) is 14.2. The summed E-state index contributed by atoms with van der Waals surface area (Å²) in [5, 5.41) is 3.38. The maximum atomic E-state index is 5.89. The minimum atomic E-state index is 0.691. The van der Waals surface area contributed by atoms with Gasteiger partial charge in [0.15, 0.2) is 0 Å². The predicted octanol–water partition coefficient (Wildman–Crippen LogP) is 3.29. The average molecular weight is 278 g/mol. The van der Waals surface area contributed by atoms with Crippen molar-refractivity contribution in [3.05, 3.63) is 18.2 Å². The van der Waals surface area contributed by atoms with Gasteiger partial charge in [-0.15, -0.1) is 0 Å². The molecule has 1 fully saturated rings. The Morgan fingerprint density at radius 1 is 1.30 bits per heavy atom. The number of hydrogen-bond acceptors (Lipinski definition) is 4. The van der Waals surface area contributed by atoms with Gasteiger partial charge in [-0.3, -0.25) is 0 Å². The Labute approximate surface area is 121 Å². The first-order valence-corrected chi connectivity index (χ1v) is 7.63. The molecule has 0 amide bonds. The molecule has 0 atom stereocenters. The lowest BCUT2D eigenvalue weighted by Gasteiger charge is -2.11. The topological polar surface area (TPSA) is 56.5 Å². The lowest BCUT2D eigenvalue weighted by Crippen LogP contribution is -2.07. The standard InChI is InChI=1S/C16H26N2O2/c1-2-9-20-16-11-14(6-7-15(16)17)18-8-3-10-19-12-13-4-5-13/h6-7,11,13,18H,2-5,8-10,12,17H2,1H3. The van der Waals surface area contributed by atoms with Crippen LogP contribution >= 0.6 is 0 Å². The van der Waals surface area contributed by atoms with Gasteiger partial charge in [0.1, 0.15) is 5.75 Å². The molecule has 1 aromatic rings. The van der Waals surface area contributed by atoms with Gasteiger partial charge in [-0.1, -0.05) is 6.92 Å². The van der Waals surface area contributed by atoms with Crippen molar-refractivity contribution in [1.82, 2.24) is 0 Å². The number of ether oxygens (including phenoxy) is 2. The van der Waals surface area contributed by atoms with Gasteiger partial charge in [0.25, 0.3) is 0 Å². The van der Waals surface area contributed by atoms with Gasteiger partial charge in [0.05, 0.1) is 12.3 Å². The highest BCUT2D eigenvalue weighted by Gasteiger charge is 2.20. The van der Waals surface area contributed by atoms with Crippen LogP contribution in [0.1, 0.15) is 32.6 Å². The molecule has 0 heterocycles. The van der Waals surface area contributed by atoms with Crippen LogP contribution in [0.3, 0.4) is 0 Å². The van der Waals surface area contributed by atoms with E-state index in [9.17, 15) is 0 Å². The van der Waals surface area contributed by atoms with Crippen LogP contribution in [0.2, 0.25) is 0 Å². The van der Waals surface area contributed by atoms with Gasteiger partial charge in [0.2, 0.25) is 0 Å². The van der Waals surface area contributed by atoms with E-state index in [0.29, 0.717) is 12.3 Å². The molecular weight excluding hydrogens is 252 g/mol. The van der Waals surface area contributed by atoms with Crippen LogP contribution in [0.25, 0.3) is 0 Å². The highest BCUT2D eigenvalue weighted by Crippen LogP contribution is 2.28. The minimum absolute atomic E-state index is 0.691. The molecule has 1 aromatic carbocycles. The van der Waals surface area contributed by atoms with Crippen molar-refractivity contribution < 1.29 is 9.47 Å². The Kier molecular flexibility index (Phi) is 5.99. The summed E-state index contributed by atoms with van der Waals surface area (Å²) < 4.78 is 11.2. The third-order valence-corrected chi connectivity index (χ3v) is 3.32. The van der Waals surface area contributed by atoms with Crippen LogP contribution in [0.5, 0.6) is 5.75 Å². The van der Waals surface area contributed by atoms with Crippen molar-refractivity contribution in [2.75, 3.05) is 37.4 Å². The first kappa shape index (κ1) is 15.0. The van der Waals surface area contributed by atoms with Gasteiger partial charge in [0, 0.05) is 31.5 Å². The number of benzene rings is 1. The summed E-state index contributed by atoms with van der Waals surface area (Å²) in [7, 11) is 0. The fraction of sp³-hybridized carbons (Fsp3) is 0.625. The summed E-state index contributed by atoms with van der Waals surface area (Å²) >= 11 is 0. The summed E-state index contributed by atoms with van der Waals surface area (Å²) in [6, 6.07) is 5.84. The van der Waals surface area contributed by atoms with E-state index in [4.69, 9.17) is 15.2 Å². The SMILES string of the molecule is CCCOc1cc(NCCCOCC2CC2)ccc1N. The molecule has 0 radical (unpaired) electrons. The Balaban J connectivity index is 1.65. The molecule has 1 aliphatic rings. The van der Waals surface area contributed by atoms with Gasteiger partial charge in [-0.25, -0.2) is 0 Å². The number of anilines is 2. The summed E-state index contributed by atoms with van der Waals surface area (Å²) in [6.07, 6.45) is 4.70. The van der Waals surface area contributed by atoms with Gasteiger partial charge in [-0.05, 0) is 43.7 Å². The van der Waals surface area contributed by atoms with Crippen molar-refractivity contribution in [2.24, 2.45) is 5.92 Å². The second kappa shape index (κ2) is 8.00.